The molecule has 0 spiro atoms. The average molecular weight is 244 g/mol. The molecule has 0 fully saturated rings. The largest absolute Gasteiger partial charge is 0.361 e. The van der Waals surface area contributed by atoms with E-state index in [0.717, 1.165) is 6.42 Å². The fourth-order valence-electron chi connectivity index (χ4n) is 2.56. The average Bonchev–Trinajstić information content (AvgIpc) is 2.73. The fraction of sp³-hybridized carbons (Fsp3) is 0.500. The van der Waals surface area contributed by atoms with Gasteiger partial charge >= 0.3 is 0 Å². The summed E-state index contributed by atoms with van der Waals surface area (Å²) in [5, 5.41) is 1.35. The van der Waals surface area contributed by atoms with Crippen molar-refractivity contribution in [1.29, 1.82) is 0 Å². The first-order chi connectivity index (χ1) is 8.72. The van der Waals surface area contributed by atoms with E-state index < -0.39 is 0 Å². The van der Waals surface area contributed by atoms with Crippen LogP contribution in [0.2, 0.25) is 0 Å². The maximum Gasteiger partial charge on any atom is 0.0489 e. The molecule has 2 nitrogen and oxygen atoms in total. The molecule has 0 aliphatic heterocycles. The second-order valence-electron chi connectivity index (χ2n) is 5.29. The Hall–Kier alpha value is -1.28. The monoisotopic (exact) mass is 244 g/mol. The zero-order valence-electron chi connectivity index (χ0n) is 11.5. The summed E-state index contributed by atoms with van der Waals surface area (Å²) < 4.78 is 0. The molecule has 18 heavy (non-hydrogen) atoms. The SMILES string of the molecule is CCCCCc1cccc2c(C[C@@H](C)N)c[nH]c12. The molecule has 0 unspecified atom stereocenters. The molecule has 98 valence electrons. The van der Waals surface area contributed by atoms with Crippen LogP contribution in [0.1, 0.15) is 44.2 Å². The van der Waals surface area contributed by atoms with Crippen molar-refractivity contribution in [3.05, 3.63) is 35.5 Å². The highest BCUT2D eigenvalue weighted by molar-refractivity contribution is 5.86. The third-order valence-electron chi connectivity index (χ3n) is 3.48. The molecule has 2 rings (SSSR count). The first-order valence-corrected chi connectivity index (χ1v) is 7.05. The number of benzene rings is 1. The first kappa shape index (κ1) is 13.2. The zero-order valence-corrected chi connectivity index (χ0v) is 11.5. The van der Waals surface area contributed by atoms with Crippen LogP contribution in [-0.4, -0.2) is 11.0 Å². The Labute approximate surface area is 110 Å². The van der Waals surface area contributed by atoms with E-state index in [0.29, 0.717) is 0 Å². The van der Waals surface area contributed by atoms with E-state index in [9.17, 15) is 0 Å². The number of rotatable bonds is 6. The zero-order chi connectivity index (χ0) is 13.0. The predicted molar refractivity (Wildman–Crippen MR) is 78.9 cm³/mol. The molecule has 1 aromatic carbocycles. The van der Waals surface area contributed by atoms with Gasteiger partial charge in [-0.1, -0.05) is 38.0 Å². The maximum atomic E-state index is 5.90. The molecule has 0 saturated carbocycles. The van der Waals surface area contributed by atoms with Crippen molar-refractivity contribution in [1.82, 2.24) is 4.98 Å². The molecule has 0 saturated heterocycles. The lowest BCUT2D eigenvalue weighted by Crippen LogP contribution is -2.17. The Bertz CT molecular complexity index is 497. The van der Waals surface area contributed by atoms with Crippen LogP contribution >= 0.6 is 0 Å². The Kier molecular flexibility index (Phi) is 4.43. The van der Waals surface area contributed by atoms with E-state index in [1.807, 2.05) is 0 Å². The molecular weight excluding hydrogens is 220 g/mol. The molecule has 1 heterocycles. The number of unbranched alkanes of at least 4 members (excludes halogenated alkanes) is 2. The van der Waals surface area contributed by atoms with Gasteiger partial charge in [0.2, 0.25) is 0 Å². The van der Waals surface area contributed by atoms with Crippen LogP contribution in [0.25, 0.3) is 10.9 Å². The summed E-state index contributed by atoms with van der Waals surface area (Å²) in [5.74, 6) is 0. The minimum absolute atomic E-state index is 0.216. The number of para-hydroxylation sites is 1. The molecule has 3 N–H and O–H groups in total. The summed E-state index contributed by atoms with van der Waals surface area (Å²) in [6.45, 7) is 4.31. The van der Waals surface area contributed by atoms with Crippen LogP contribution in [0.5, 0.6) is 0 Å². The van der Waals surface area contributed by atoms with Crippen molar-refractivity contribution >= 4 is 10.9 Å². The Balaban J connectivity index is 2.24. The van der Waals surface area contributed by atoms with Gasteiger partial charge in [-0.15, -0.1) is 0 Å². The molecule has 1 aromatic heterocycles. The third kappa shape index (κ3) is 2.94. The van der Waals surface area contributed by atoms with Gasteiger partial charge in [-0.25, -0.2) is 0 Å². The van der Waals surface area contributed by atoms with Crippen molar-refractivity contribution in [2.75, 3.05) is 0 Å². The first-order valence-electron chi connectivity index (χ1n) is 7.05. The van der Waals surface area contributed by atoms with Crippen LogP contribution in [0, 0.1) is 0 Å². The van der Waals surface area contributed by atoms with Crippen molar-refractivity contribution in [2.45, 2.75) is 52.0 Å². The highest BCUT2D eigenvalue weighted by Gasteiger charge is 2.08. The Morgan fingerprint density at radius 3 is 2.78 bits per heavy atom. The number of aryl methyl sites for hydroxylation is 1. The lowest BCUT2D eigenvalue weighted by molar-refractivity contribution is 0.719. The van der Waals surface area contributed by atoms with Gasteiger partial charge in [-0.2, -0.15) is 0 Å². The van der Waals surface area contributed by atoms with Gasteiger partial charge in [0.1, 0.15) is 0 Å². The highest BCUT2D eigenvalue weighted by atomic mass is 14.7. The van der Waals surface area contributed by atoms with Crippen LogP contribution in [-0.2, 0) is 12.8 Å². The van der Waals surface area contributed by atoms with Crippen molar-refractivity contribution in [2.24, 2.45) is 5.73 Å². The number of H-pyrrole nitrogens is 1. The summed E-state index contributed by atoms with van der Waals surface area (Å²) in [6.07, 6.45) is 8.09. The standard InChI is InChI=1S/C16H24N2/c1-3-4-5-7-13-8-6-9-15-14(10-12(2)17)11-18-16(13)15/h6,8-9,11-12,18H,3-5,7,10,17H2,1-2H3/t12-/m1/s1. The number of hydrogen-bond donors (Lipinski definition) is 2. The van der Waals surface area contributed by atoms with Crippen LogP contribution < -0.4 is 5.73 Å². The quantitative estimate of drug-likeness (QED) is 0.746. The van der Waals surface area contributed by atoms with Gasteiger partial charge in [-0.05, 0) is 37.3 Å². The molecular formula is C16H24N2. The van der Waals surface area contributed by atoms with Gasteiger partial charge in [-0.3, -0.25) is 0 Å². The van der Waals surface area contributed by atoms with Gasteiger partial charge in [0.15, 0.2) is 0 Å². The maximum absolute atomic E-state index is 5.90. The van der Waals surface area contributed by atoms with Gasteiger partial charge in [0.25, 0.3) is 0 Å². The third-order valence-corrected chi connectivity index (χ3v) is 3.48. The van der Waals surface area contributed by atoms with Crippen molar-refractivity contribution < 1.29 is 0 Å². The summed E-state index contributed by atoms with van der Waals surface area (Å²) >= 11 is 0. The smallest absolute Gasteiger partial charge is 0.0489 e. The lowest BCUT2D eigenvalue weighted by atomic mass is 10.0. The van der Waals surface area contributed by atoms with Crippen LogP contribution in [0.3, 0.4) is 0 Å². The lowest BCUT2D eigenvalue weighted by Gasteiger charge is -2.05. The number of aromatic nitrogens is 1. The molecule has 0 aliphatic rings. The Morgan fingerprint density at radius 1 is 1.22 bits per heavy atom. The van der Waals surface area contributed by atoms with Gasteiger partial charge in [0.05, 0.1) is 0 Å². The molecule has 0 bridgehead atoms. The predicted octanol–water partition coefficient (Wildman–Crippen LogP) is 3.79. The van der Waals surface area contributed by atoms with E-state index >= 15 is 0 Å². The summed E-state index contributed by atoms with van der Waals surface area (Å²) in [4.78, 5) is 3.43. The molecule has 0 radical (unpaired) electrons. The van der Waals surface area contributed by atoms with Crippen LogP contribution in [0.4, 0.5) is 0 Å². The minimum Gasteiger partial charge on any atom is -0.361 e. The Morgan fingerprint density at radius 2 is 2.06 bits per heavy atom. The molecule has 2 aromatic rings. The number of nitrogens with one attached hydrogen (secondary N) is 1. The highest BCUT2D eigenvalue weighted by Crippen LogP contribution is 2.24. The summed E-state index contributed by atoms with van der Waals surface area (Å²) in [7, 11) is 0. The van der Waals surface area contributed by atoms with Crippen molar-refractivity contribution in [3.8, 4) is 0 Å². The number of hydrogen-bond acceptors (Lipinski definition) is 1. The van der Waals surface area contributed by atoms with E-state index in [1.54, 1.807) is 0 Å². The number of aromatic amines is 1. The summed E-state index contributed by atoms with van der Waals surface area (Å²) in [6, 6.07) is 6.83. The normalized spacial score (nSPS) is 13.1. The minimum atomic E-state index is 0.216. The van der Waals surface area contributed by atoms with Crippen molar-refractivity contribution in [3.63, 3.8) is 0 Å². The fourth-order valence-corrected chi connectivity index (χ4v) is 2.56. The van der Waals surface area contributed by atoms with E-state index in [1.165, 1.54) is 47.7 Å². The number of fused-ring (bicyclic) bond motifs is 1. The van der Waals surface area contributed by atoms with E-state index in [2.05, 4.69) is 43.2 Å². The number of nitrogens with two attached hydrogens (primary N) is 1. The van der Waals surface area contributed by atoms with E-state index in [-0.39, 0.29) is 6.04 Å². The van der Waals surface area contributed by atoms with Gasteiger partial charge in [0, 0.05) is 23.1 Å². The molecule has 0 amide bonds. The molecule has 1 atom stereocenters. The van der Waals surface area contributed by atoms with Crippen LogP contribution in [0.15, 0.2) is 24.4 Å². The second kappa shape index (κ2) is 6.05. The summed E-state index contributed by atoms with van der Waals surface area (Å²) in [5.41, 5.74) is 9.99. The van der Waals surface area contributed by atoms with Gasteiger partial charge < -0.3 is 10.7 Å². The van der Waals surface area contributed by atoms with E-state index in [4.69, 9.17) is 5.73 Å². The second-order valence-corrected chi connectivity index (χ2v) is 5.29. The molecule has 0 aliphatic carbocycles. The molecule has 2 heteroatoms. The topological polar surface area (TPSA) is 41.8 Å².